The van der Waals surface area contributed by atoms with Crippen molar-refractivity contribution in [2.75, 3.05) is 0 Å². The van der Waals surface area contributed by atoms with Gasteiger partial charge in [-0.1, -0.05) is 138 Å². The molecule has 4 aromatic carbocycles. The molecule has 0 saturated carbocycles. The van der Waals surface area contributed by atoms with E-state index in [1.54, 1.807) is 0 Å². The lowest BCUT2D eigenvalue weighted by molar-refractivity contribution is -0.171. The lowest BCUT2D eigenvalue weighted by atomic mass is 9.86. The van der Waals surface area contributed by atoms with Crippen LogP contribution in [0.1, 0.15) is 153 Å². The van der Waals surface area contributed by atoms with Crippen LogP contribution < -0.4 is 0 Å². The van der Waals surface area contributed by atoms with Gasteiger partial charge in [-0.3, -0.25) is 14.4 Å². The van der Waals surface area contributed by atoms with Crippen molar-refractivity contribution in [2.45, 2.75) is 153 Å². The zero-order valence-electron chi connectivity index (χ0n) is 37.8. The van der Waals surface area contributed by atoms with Crippen LogP contribution in [-0.4, -0.2) is 17.9 Å². The molecule has 4 rings (SSSR count). The average Bonchev–Trinajstić information content (AvgIpc) is 3.21. The summed E-state index contributed by atoms with van der Waals surface area (Å²) in [4.78, 5) is 36.8. The van der Waals surface area contributed by atoms with Crippen LogP contribution >= 0.6 is 0 Å². The molecule has 0 fully saturated rings. The van der Waals surface area contributed by atoms with Gasteiger partial charge in [0.15, 0.2) is 0 Å². The monoisotopic (exact) mass is 781 g/mol. The number of benzene rings is 4. The third-order valence-corrected chi connectivity index (χ3v) is 11.9. The van der Waals surface area contributed by atoms with E-state index >= 15 is 0 Å². The van der Waals surface area contributed by atoms with Crippen molar-refractivity contribution in [1.29, 1.82) is 0 Å². The molecule has 0 bridgehead atoms. The van der Waals surface area contributed by atoms with Gasteiger partial charge in [0.1, 0.15) is 16.8 Å². The van der Waals surface area contributed by atoms with Gasteiger partial charge in [0, 0.05) is 5.56 Å². The molecule has 0 heterocycles. The van der Waals surface area contributed by atoms with E-state index < -0.39 is 33.0 Å². The summed E-state index contributed by atoms with van der Waals surface area (Å²) in [5.41, 5.74) is 0.111. The minimum atomic E-state index is -0.607. The van der Waals surface area contributed by atoms with Crippen molar-refractivity contribution in [2.24, 2.45) is 16.2 Å². The van der Waals surface area contributed by atoms with Gasteiger partial charge in [0.25, 0.3) is 0 Å². The fraction of sp³-hybridized carbons (Fsp3) is 0.510. The van der Waals surface area contributed by atoms with Crippen LogP contribution in [0.15, 0.2) is 103 Å². The second kappa shape index (κ2) is 20.3. The molecule has 57 heavy (non-hydrogen) atoms. The van der Waals surface area contributed by atoms with E-state index in [-0.39, 0.29) is 17.9 Å². The molecule has 4 aromatic rings. The maximum absolute atomic E-state index is 12.6. The predicted molar refractivity (Wildman–Crippen MR) is 236 cm³/mol. The van der Waals surface area contributed by atoms with Gasteiger partial charge in [-0.05, 0) is 123 Å². The molecule has 2 atom stereocenters. The molecule has 6 nitrogen and oxygen atoms in total. The first-order valence-corrected chi connectivity index (χ1v) is 20.8. The Morgan fingerprint density at radius 1 is 0.404 bits per heavy atom. The highest BCUT2D eigenvalue weighted by Crippen LogP contribution is 2.37. The Balaban J connectivity index is 0.000000298. The lowest BCUT2D eigenvalue weighted by Gasteiger charge is -2.34. The van der Waals surface area contributed by atoms with Crippen molar-refractivity contribution < 1.29 is 28.6 Å². The quantitative estimate of drug-likeness (QED) is 0.0936. The summed E-state index contributed by atoms with van der Waals surface area (Å²) in [5, 5.41) is 2.32. The van der Waals surface area contributed by atoms with Gasteiger partial charge < -0.3 is 14.2 Å². The first-order chi connectivity index (χ1) is 26.5. The number of carbonyl (C=O) groups is 3. The molecule has 0 aliphatic rings. The summed E-state index contributed by atoms with van der Waals surface area (Å²) in [6.07, 6.45) is 3.83. The Kier molecular flexibility index (Phi) is 17.3. The van der Waals surface area contributed by atoms with Crippen molar-refractivity contribution in [3.05, 3.63) is 120 Å². The number of esters is 3. The minimum Gasteiger partial charge on any atom is -0.454 e. The maximum atomic E-state index is 12.6. The van der Waals surface area contributed by atoms with Gasteiger partial charge in [0.05, 0.1) is 16.2 Å². The Labute approximate surface area is 345 Å². The Hall–Kier alpha value is -4.45. The van der Waals surface area contributed by atoms with Crippen LogP contribution in [0.25, 0.3) is 10.8 Å². The molecule has 0 N–H and O–H groups in total. The molecule has 312 valence electrons. The van der Waals surface area contributed by atoms with Crippen molar-refractivity contribution in [1.82, 2.24) is 0 Å². The van der Waals surface area contributed by atoms with Gasteiger partial charge >= 0.3 is 17.9 Å². The summed E-state index contributed by atoms with van der Waals surface area (Å²) in [6.45, 7) is 29.5. The van der Waals surface area contributed by atoms with E-state index in [9.17, 15) is 14.4 Å². The molecule has 6 heteroatoms. The standard InChI is InChI=1S/C20H26O2.C16H24O2.C15H22O2/c1-6-19(3,4)18(21)22-20(5,7-2)17-14-10-12-15-11-8-9-13-16(15)17;1-6-15(3,4)14(17)18-16(5,7-2)13-11-9-8-10-12-13;1-6-14(2,3)13(16)17-15(4,5)12-10-8-7-9-11-12/h8-14H,6-7H2,1-5H3;8-12H,6-7H2,1-5H3;7-11H,6H2,1-5H3. The second-order valence-corrected chi connectivity index (χ2v) is 17.8. The third-order valence-electron chi connectivity index (χ3n) is 11.9. The maximum Gasteiger partial charge on any atom is 0.312 e. The zero-order chi connectivity index (χ0) is 43.3. The van der Waals surface area contributed by atoms with E-state index in [1.165, 1.54) is 5.39 Å². The Bertz CT molecular complexity index is 1870. The van der Waals surface area contributed by atoms with Gasteiger partial charge in [0.2, 0.25) is 0 Å². The summed E-state index contributed by atoms with van der Waals surface area (Å²) in [7, 11) is 0. The average molecular weight is 781 g/mol. The van der Waals surface area contributed by atoms with Crippen molar-refractivity contribution in [3.8, 4) is 0 Å². The molecule has 0 aromatic heterocycles. The van der Waals surface area contributed by atoms with E-state index in [0.717, 1.165) is 54.2 Å². The van der Waals surface area contributed by atoms with Gasteiger partial charge in [-0.25, -0.2) is 0 Å². The summed E-state index contributed by atoms with van der Waals surface area (Å²) < 4.78 is 17.4. The Morgan fingerprint density at radius 2 is 0.772 bits per heavy atom. The van der Waals surface area contributed by atoms with E-state index in [1.807, 2.05) is 176 Å². The highest BCUT2D eigenvalue weighted by atomic mass is 16.6. The third kappa shape index (κ3) is 13.0. The molecule has 2 unspecified atom stereocenters. The van der Waals surface area contributed by atoms with E-state index in [2.05, 4.69) is 31.2 Å². The predicted octanol–water partition coefficient (Wildman–Crippen LogP) is 13.6. The smallest absolute Gasteiger partial charge is 0.312 e. The van der Waals surface area contributed by atoms with Gasteiger partial charge in [-0.15, -0.1) is 0 Å². The van der Waals surface area contributed by atoms with Crippen LogP contribution in [0.3, 0.4) is 0 Å². The molecule has 0 aliphatic carbocycles. The normalized spacial score (nSPS) is 14.0. The minimum absolute atomic E-state index is 0.127. The Morgan fingerprint density at radius 3 is 1.21 bits per heavy atom. The van der Waals surface area contributed by atoms with Crippen LogP contribution in [0.2, 0.25) is 0 Å². The number of carbonyl (C=O) groups excluding carboxylic acids is 3. The van der Waals surface area contributed by atoms with Crippen molar-refractivity contribution >= 4 is 28.7 Å². The SMILES string of the molecule is CCC(C)(C)C(=O)OC(C)(C)c1ccccc1.CCC(C)(C)C(=O)OC(C)(CC)c1cccc2ccccc12.CCC(C)(C)C(=O)OC(C)(CC)c1ccccc1. The fourth-order valence-corrected chi connectivity index (χ4v) is 5.52. The van der Waals surface area contributed by atoms with E-state index in [4.69, 9.17) is 14.2 Å². The zero-order valence-corrected chi connectivity index (χ0v) is 37.8. The van der Waals surface area contributed by atoms with Crippen LogP contribution in [0, 0.1) is 16.2 Å². The fourth-order valence-electron chi connectivity index (χ4n) is 5.52. The molecular weight excluding hydrogens is 709 g/mol. The number of hydrogen-bond acceptors (Lipinski definition) is 6. The molecular formula is C51H72O6. The molecule has 0 spiro atoms. The van der Waals surface area contributed by atoms with Crippen LogP contribution in [-0.2, 0) is 45.4 Å². The molecule has 0 amide bonds. The number of rotatable bonds is 14. The van der Waals surface area contributed by atoms with Crippen LogP contribution in [0.5, 0.6) is 0 Å². The first kappa shape index (κ1) is 48.7. The number of fused-ring (bicyclic) bond motifs is 1. The largest absolute Gasteiger partial charge is 0.454 e. The summed E-state index contributed by atoms with van der Waals surface area (Å²) in [5.74, 6) is -0.403. The van der Waals surface area contributed by atoms with Crippen molar-refractivity contribution in [3.63, 3.8) is 0 Å². The second-order valence-electron chi connectivity index (χ2n) is 17.8. The molecule has 0 aliphatic heterocycles. The van der Waals surface area contributed by atoms with Gasteiger partial charge in [-0.2, -0.15) is 0 Å². The number of ether oxygens (including phenoxy) is 3. The molecule has 0 radical (unpaired) electrons. The topological polar surface area (TPSA) is 78.9 Å². The first-order valence-electron chi connectivity index (χ1n) is 20.8. The van der Waals surface area contributed by atoms with Crippen LogP contribution in [0.4, 0.5) is 0 Å². The van der Waals surface area contributed by atoms with E-state index in [0.29, 0.717) is 0 Å². The highest BCUT2D eigenvalue weighted by molar-refractivity contribution is 5.87. The lowest BCUT2D eigenvalue weighted by Crippen LogP contribution is -2.35. The molecule has 0 saturated heterocycles. The number of hydrogen-bond donors (Lipinski definition) is 0. The summed E-state index contributed by atoms with van der Waals surface area (Å²) in [6, 6.07) is 34.2. The summed E-state index contributed by atoms with van der Waals surface area (Å²) >= 11 is 0. The highest BCUT2D eigenvalue weighted by Gasteiger charge is 2.38.